The zero-order valence-corrected chi connectivity index (χ0v) is 55.2. The van der Waals surface area contributed by atoms with Gasteiger partial charge < -0.3 is 73.1 Å². The van der Waals surface area contributed by atoms with Crippen molar-refractivity contribution in [2.24, 2.45) is 29.6 Å². The number of aromatic amines is 1. The van der Waals surface area contributed by atoms with Gasteiger partial charge in [0.05, 0.1) is 55.7 Å². The summed E-state index contributed by atoms with van der Waals surface area (Å²) in [6, 6.07) is 4.72. The van der Waals surface area contributed by atoms with Crippen molar-refractivity contribution >= 4 is 111 Å². The summed E-state index contributed by atoms with van der Waals surface area (Å²) >= 11 is 1.25. The Morgan fingerprint density at radius 1 is 0.768 bits per heavy atom. The van der Waals surface area contributed by atoms with E-state index in [0.717, 1.165) is 9.80 Å². The van der Waals surface area contributed by atoms with Gasteiger partial charge in [-0.05, 0) is 66.2 Å². The first kappa shape index (κ1) is 73.8. The number of aromatic nitrogens is 1. The molecule has 1 aromatic heterocycles. The molecule has 2 bridgehead atoms. The number of carbonyl (C=O) groups is 14. The highest BCUT2D eigenvalue weighted by molar-refractivity contribution is 8.00. The Morgan fingerprint density at radius 3 is 2.12 bits per heavy atom. The highest BCUT2D eigenvalue weighted by Crippen LogP contribution is 2.30. The maximum absolute atomic E-state index is 15.1. The predicted molar refractivity (Wildman–Crippen MR) is 345 cm³/mol. The monoisotopic (exact) mass is 1340 g/mol. The number of H-pyrrole nitrogens is 1. The molecule has 7 rings (SSSR count). The summed E-state index contributed by atoms with van der Waals surface area (Å²) in [4.78, 5) is 200. The highest BCUT2D eigenvalue weighted by atomic mass is 32.2. The minimum Gasteiger partial charge on any atom is -0.394 e. The number of aryl methyl sites for hydroxylation is 1. The van der Waals surface area contributed by atoms with Crippen molar-refractivity contribution in [2.45, 2.75) is 166 Å². The van der Waals surface area contributed by atoms with E-state index in [-0.39, 0.29) is 75.8 Å². The first-order chi connectivity index (χ1) is 45.1. The molecule has 2 aromatic carbocycles. The van der Waals surface area contributed by atoms with Crippen LogP contribution >= 0.6 is 11.8 Å². The Labute approximate surface area is 553 Å². The number of imide groups is 1. The Hall–Kier alpha value is -8.61. The number of rotatable bonds is 20. The van der Waals surface area contributed by atoms with Crippen LogP contribution in [0.2, 0.25) is 0 Å². The van der Waals surface area contributed by atoms with Gasteiger partial charge in [-0.25, -0.2) is 0 Å². The van der Waals surface area contributed by atoms with Crippen LogP contribution in [0.15, 0.2) is 48.5 Å². The van der Waals surface area contributed by atoms with Crippen LogP contribution in [0, 0.1) is 29.6 Å². The lowest BCUT2D eigenvalue weighted by molar-refractivity contribution is -0.144. The van der Waals surface area contributed by atoms with E-state index in [1.54, 1.807) is 89.4 Å². The average molecular weight is 1340 g/mol. The topological polar surface area (TPSA) is 430 Å². The van der Waals surface area contributed by atoms with Gasteiger partial charge in [-0.1, -0.05) is 78.3 Å². The number of thioether (sulfide) groups is 1. The summed E-state index contributed by atoms with van der Waals surface area (Å²) in [5.74, 6) is -14.4. The molecule has 13 atom stereocenters. The van der Waals surface area contributed by atoms with E-state index >= 15 is 4.79 Å². The molecule has 30 heteroatoms. The maximum atomic E-state index is 15.1. The molecule has 29 nitrogen and oxygen atoms in total. The number of hydrogen-bond acceptors (Lipinski definition) is 18. The number of amides is 12. The molecular weight excluding hydrogens is 1250 g/mol. The lowest BCUT2D eigenvalue weighted by Gasteiger charge is -2.32. The Kier molecular flexibility index (Phi) is 26.2. The molecule has 0 saturated carbocycles. The Bertz CT molecular complexity index is 3400. The molecule has 2 saturated heterocycles. The largest absolute Gasteiger partial charge is 0.394 e. The number of nitrogens with one attached hydrogen (secondary N) is 10. The molecule has 3 aromatic rings. The summed E-state index contributed by atoms with van der Waals surface area (Å²) < 4.78 is 0. The fourth-order valence-corrected chi connectivity index (χ4v) is 12.8. The fourth-order valence-electron chi connectivity index (χ4n) is 12.1. The number of anilines is 1. The lowest BCUT2D eigenvalue weighted by Crippen LogP contribution is -2.58. The second-order valence-electron chi connectivity index (χ2n) is 25.4. The Balaban J connectivity index is 1.13. The Morgan fingerprint density at radius 2 is 1.45 bits per heavy atom. The van der Waals surface area contributed by atoms with E-state index in [2.05, 4.69) is 52.8 Å². The third-order valence-electron chi connectivity index (χ3n) is 18.1. The molecule has 95 heavy (non-hydrogen) atoms. The number of fused-ring (bicyclic) bond motifs is 5. The van der Waals surface area contributed by atoms with Crippen molar-refractivity contribution in [2.75, 3.05) is 44.4 Å². The van der Waals surface area contributed by atoms with E-state index < -0.39 is 187 Å². The van der Waals surface area contributed by atoms with Crippen molar-refractivity contribution in [3.8, 4) is 0 Å². The summed E-state index contributed by atoms with van der Waals surface area (Å²) in [5, 5.41) is 56.2. The van der Waals surface area contributed by atoms with Crippen LogP contribution in [0.4, 0.5) is 5.69 Å². The molecule has 2 fully saturated rings. The van der Waals surface area contributed by atoms with Gasteiger partial charge in [-0.15, -0.1) is 0 Å². The fraction of sp³-hybridized carbons (Fsp3) is 0.569. The van der Waals surface area contributed by atoms with Gasteiger partial charge >= 0.3 is 0 Å². The van der Waals surface area contributed by atoms with Gasteiger partial charge in [-0.3, -0.25) is 72.0 Å². The first-order valence-corrected chi connectivity index (χ1v) is 33.4. The summed E-state index contributed by atoms with van der Waals surface area (Å²) in [5.41, 5.74) is 2.29. The zero-order valence-electron chi connectivity index (χ0n) is 54.4. The second kappa shape index (κ2) is 33.7. The standard InChI is InChI=1S/C65H88N12O17S/c1-8-33(4)58-63(92)68-28-54(85)71-44-18-17-43-41(39-11-9-10-12-42(39)70-43)23-45(61(90)67-29-55(86)75-58)72-60(89)40(35(6)50(82)31-78)24-48(80)47-22-38(79)30-77(47)64(93)46(73-62(44)91)25-53(84)66-27-36-13-15-37(16-14-36)69-59(88)34(5)21-49(81)57(32(2)3)74-52(83)19-20-76-56(87)26-51(95-7)65(76)94/h9-16,32-35,38,40,44-47,50-51,57-58,70,78-79,82H,8,17-31H2,1-7H3,(H,66,84)(H,67,90)(H,68,92)(H,69,88)(H,71,85)(H,72,89)(H,73,91)(H,74,83)(H,75,86)/t33-,34+,35+,38+,40-,44-,45?,46-,47-,50-,51?,57?,58-/m0/s1. The number of aliphatic hydroxyl groups excluding tert-OH is 3. The summed E-state index contributed by atoms with van der Waals surface area (Å²) in [7, 11) is 0. The number of likely N-dealkylation sites (tertiary alicyclic amines) is 1. The van der Waals surface area contributed by atoms with Gasteiger partial charge in [0.25, 0.3) is 0 Å². The number of nitrogens with zero attached hydrogens (tertiary/aromatic N) is 2. The van der Waals surface area contributed by atoms with Gasteiger partial charge in [-0.2, -0.15) is 11.8 Å². The van der Waals surface area contributed by atoms with E-state index in [1.165, 1.54) is 18.7 Å². The smallest absolute Gasteiger partial charge is 0.246 e. The molecule has 516 valence electrons. The van der Waals surface area contributed by atoms with Gasteiger partial charge in [0, 0.05) is 92.3 Å². The number of para-hydroxylation sites is 1. The average Bonchev–Trinajstić information content (AvgIpc) is 1.77. The van der Waals surface area contributed by atoms with Crippen LogP contribution in [-0.2, 0) is 86.5 Å². The number of aliphatic hydroxyl groups is 3. The SMILES string of the molecule is CC[C@H](C)[C@@H]1NC(=O)CNC(=O)C2Cc3c([nH]c4ccccc34)CC[C@H](NC(=O)CNC1=O)C(=O)N[C@@H](CC(=O)NCc1ccc(NC(=O)[C@H](C)CC(=O)C(NC(=O)CCN3C(=O)CC(SC)C3=O)C(C)C)cc1)C(=O)N1C[C@H](O)C[C@H]1C(=O)C[C@@H]([C@@H](C)[C@@H](O)CO)C(=O)N2. The zero-order chi connectivity index (χ0) is 69.5. The number of Topliss-reactive ketones (excluding diaryl/α,β-unsaturated/α-hetero) is 2. The molecule has 3 unspecified atom stereocenters. The van der Waals surface area contributed by atoms with E-state index in [1.807, 2.05) is 0 Å². The minimum atomic E-state index is -1.80. The number of benzene rings is 2. The van der Waals surface area contributed by atoms with Crippen LogP contribution in [0.5, 0.6) is 0 Å². The predicted octanol–water partition coefficient (Wildman–Crippen LogP) is -1.32. The molecular formula is C65H88N12O17S. The molecule has 12 amide bonds. The van der Waals surface area contributed by atoms with Gasteiger partial charge in [0.1, 0.15) is 24.2 Å². The van der Waals surface area contributed by atoms with Crippen LogP contribution in [-0.4, -0.2) is 205 Å². The molecule has 4 aliphatic rings. The number of carbonyl (C=O) groups excluding carboxylic acids is 14. The minimum absolute atomic E-state index is 0.0523. The third kappa shape index (κ3) is 19.3. The number of ketones is 2. The van der Waals surface area contributed by atoms with Crippen LogP contribution in [0.1, 0.15) is 110 Å². The van der Waals surface area contributed by atoms with E-state index in [9.17, 15) is 77.6 Å². The van der Waals surface area contributed by atoms with Crippen molar-refractivity contribution in [3.63, 3.8) is 0 Å². The quantitative estimate of drug-likeness (QED) is 0.0583. The number of hydrogen-bond donors (Lipinski definition) is 13. The summed E-state index contributed by atoms with van der Waals surface area (Å²) in [6.07, 6.45) is -3.60. The first-order valence-electron chi connectivity index (χ1n) is 32.1. The van der Waals surface area contributed by atoms with Crippen molar-refractivity contribution in [1.82, 2.24) is 57.3 Å². The third-order valence-corrected chi connectivity index (χ3v) is 19.0. The van der Waals surface area contributed by atoms with Gasteiger partial charge in [0.2, 0.25) is 70.9 Å². The lowest BCUT2D eigenvalue weighted by atomic mass is 9.83. The van der Waals surface area contributed by atoms with E-state index in [0.29, 0.717) is 39.8 Å². The molecule has 4 aliphatic heterocycles. The van der Waals surface area contributed by atoms with Crippen molar-refractivity contribution in [1.29, 1.82) is 0 Å². The molecule has 0 radical (unpaired) electrons. The van der Waals surface area contributed by atoms with Crippen molar-refractivity contribution in [3.05, 3.63) is 65.4 Å². The molecule has 0 spiro atoms. The van der Waals surface area contributed by atoms with E-state index in [4.69, 9.17) is 0 Å². The molecule has 5 heterocycles. The van der Waals surface area contributed by atoms with Crippen LogP contribution in [0.25, 0.3) is 10.9 Å². The van der Waals surface area contributed by atoms with Crippen molar-refractivity contribution < 1.29 is 82.4 Å². The van der Waals surface area contributed by atoms with Gasteiger partial charge in [0.15, 0.2) is 11.6 Å². The normalized spacial score (nSPS) is 24.6. The molecule has 0 aliphatic carbocycles. The molecule has 13 N–H and O–H groups in total. The van der Waals surface area contributed by atoms with Crippen LogP contribution in [0.3, 0.4) is 0 Å². The van der Waals surface area contributed by atoms with Crippen LogP contribution < -0.4 is 47.9 Å². The summed E-state index contributed by atoms with van der Waals surface area (Å²) in [6.45, 7) is 6.88. The second-order valence-corrected chi connectivity index (χ2v) is 26.4. The highest BCUT2D eigenvalue weighted by Gasteiger charge is 2.45. The maximum Gasteiger partial charge on any atom is 0.246 e.